The van der Waals surface area contributed by atoms with Crippen molar-refractivity contribution in [2.24, 2.45) is 0 Å². The average molecular weight is 566 g/mol. The molecule has 4 amide bonds. The van der Waals surface area contributed by atoms with Crippen LogP contribution in [0.5, 0.6) is 0 Å². The van der Waals surface area contributed by atoms with E-state index >= 15 is 0 Å². The summed E-state index contributed by atoms with van der Waals surface area (Å²) < 4.78 is 18.8. The highest BCUT2D eigenvalue weighted by molar-refractivity contribution is 5.95. The lowest BCUT2D eigenvalue weighted by atomic mass is 10.1. The number of nitrogen functional groups attached to an aromatic ring is 1. The Hall–Kier alpha value is -4.43. The van der Waals surface area contributed by atoms with Crippen LogP contribution in [0.3, 0.4) is 0 Å². The fourth-order valence-corrected chi connectivity index (χ4v) is 4.24. The van der Waals surface area contributed by atoms with E-state index in [0.717, 1.165) is 0 Å². The molecule has 2 atom stereocenters. The molecule has 2 aromatic rings. The van der Waals surface area contributed by atoms with E-state index in [9.17, 15) is 33.7 Å². The van der Waals surface area contributed by atoms with Crippen molar-refractivity contribution in [2.75, 3.05) is 53.2 Å². The molecule has 0 spiro atoms. The van der Waals surface area contributed by atoms with Gasteiger partial charge in [0.2, 0.25) is 11.8 Å². The van der Waals surface area contributed by atoms with Crippen molar-refractivity contribution in [3.8, 4) is 0 Å². The Morgan fingerprint density at radius 1 is 1.02 bits per heavy atom. The molecule has 0 aromatic carbocycles. The Labute approximate surface area is 232 Å². The summed E-state index contributed by atoms with van der Waals surface area (Å²) in [5, 5.41) is 16.2. The minimum absolute atomic E-state index is 0.0588. The number of hydrogen-bond donors (Lipinski definition) is 3. The Morgan fingerprint density at radius 3 is 1.88 bits per heavy atom. The highest BCUT2D eigenvalue weighted by Gasteiger charge is 2.30. The van der Waals surface area contributed by atoms with Gasteiger partial charge in [0, 0.05) is 65.4 Å². The molecule has 220 valence electrons. The second kappa shape index (κ2) is 14.1. The lowest BCUT2D eigenvalue weighted by molar-refractivity contribution is -0.384. The molecule has 4 N–H and O–H groups in total. The monoisotopic (exact) mass is 565 g/mol. The second-order valence-electron chi connectivity index (χ2n) is 9.27. The summed E-state index contributed by atoms with van der Waals surface area (Å²) in [7, 11) is 2.47. The number of nitrogens with two attached hydrogens (primary N) is 1. The number of hydrogen-bond acceptors (Lipinski definition) is 7. The van der Waals surface area contributed by atoms with Gasteiger partial charge in [0.05, 0.1) is 37.4 Å². The third kappa shape index (κ3) is 7.36. The predicted molar refractivity (Wildman–Crippen MR) is 146 cm³/mol. The van der Waals surface area contributed by atoms with Crippen LogP contribution >= 0.6 is 0 Å². The van der Waals surface area contributed by atoms with Gasteiger partial charge in [-0.15, -0.1) is 0 Å². The zero-order chi connectivity index (χ0) is 30.9. The number of nitrogens with zero attached hydrogens (tertiary/aromatic N) is 5. The maximum Gasteiger partial charge on any atom is 0.287 e. The van der Waals surface area contributed by atoms with E-state index in [0.29, 0.717) is 44.0 Å². The minimum Gasteiger partial charge on any atom is -0.397 e. The van der Waals surface area contributed by atoms with E-state index in [1.54, 1.807) is 40.7 Å². The van der Waals surface area contributed by atoms with Gasteiger partial charge in [-0.3, -0.25) is 33.7 Å². The van der Waals surface area contributed by atoms with Crippen LogP contribution in [-0.4, -0.2) is 94.9 Å². The van der Waals surface area contributed by atoms with Crippen molar-refractivity contribution in [3.05, 3.63) is 46.0 Å². The molecule has 2 aliphatic rings. The van der Waals surface area contributed by atoms with Crippen LogP contribution < -0.4 is 16.4 Å². The van der Waals surface area contributed by atoms with Crippen LogP contribution in [0.4, 0.5) is 15.8 Å². The van der Waals surface area contributed by atoms with Gasteiger partial charge in [-0.1, -0.05) is 0 Å². The first-order valence-electron chi connectivity index (χ1n) is 13.3. The van der Waals surface area contributed by atoms with Gasteiger partial charge in [-0.25, -0.2) is 0 Å². The highest BCUT2D eigenvalue weighted by atomic mass is 19.1. The number of carbonyl (C=O) groups excluding carboxylic acids is 4. The Kier molecular flexibility index (Phi) is 10.6. The SMILES string of the molecule is CCN(C)C(=O)CC1CNC(=O)c2cc(N)cn21.CCN(C)C(=O)CC1CNC(=O)c2cc([N+](=O)[O-])cn21.[2H]CF. The number of alkyl halides is 1. The molecule has 2 aromatic heterocycles. The van der Waals surface area contributed by atoms with Crippen molar-refractivity contribution in [3.63, 3.8) is 0 Å². The number of carbonyl (C=O) groups is 4. The molecule has 0 saturated carbocycles. The number of amides is 4. The first-order chi connectivity index (χ1) is 19.4. The van der Waals surface area contributed by atoms with Crippen LogP contribution in [0.15, 0.2) is 24.5 Å². The van der Waals surface area contributed by atoms with E-state index in [1.165, 1.54) is 16.8 Å². The summed E-state index contributed by atoms with van der Waals surface area (Å²) in [5.41, 5.74) is 6.85. The number of nitrogens with one attached hydrogen (secondary N) is 2. The number of nitro groups is 1. The number of aromatic nitrogens is 2. The molecule has 0 radical (unpaired) electrons. The van der Waals surface area contributed by atoms with E-state index in [1.807, 2.05) is 13.8 Å². The van der Waals surface area contributed by atoms with Crippen LogP contribution in [0.2, 0.25) is 0 Å². The fraction of sp³-hybridized carbons (Fsp3) is 0.520. The largest absolute Gasteiger partial charge is 0.397 e. The van der Waals surface area contributed by atoms with Crippen LogP contribution in [0.1, 0.15) is 61.1 Å². The zero-order valence-corrected chi connectivity index (χ0v) is 23.1. The molecule has 0 bridgehead atoms. The van der Waals surface area contributed by atoms with Gasteiger partial charge >= 0.3 is 0 Å². The molecule has 14 nitrogen and oxygen atoms in total. The summed E-state index contributed by atoms with van der Waals surface area (Å²) in [4.78, 5) is 60.7. The van der Waals surface area contributed by atoms with Crippen LogP contribution in [0.25, 0.3) is 0 Å². The number of fused-ring (bicyclic) bond motifs is 2. The molecule has 15 heteroatoms. The summed E-state index contributed by atoms with van der Waals surface area (Å²) >= 11 is 0. The van der Waals surface area contributed by atoms with Crippen molar-refractivity contribution in [1.82, 2.24) is 29.6 Å². The Balaban J connectivity index is 0.000000263. The van der Waals surface area contributed by atoms with E-state index < -0.39 is 12.1 Å². The third-order valence-electron chi connectivity index (χ3n) is 6.78. The topological polar surface area (TPSA) is 178 Å². The molecule has 0 aliphatic carbocycles. The van der Waals surface area contributed by atoms with Gasteiger partial charge in [0.1, 0.15) is 11.4 Å². The molecule has 4 heterocycles. The van der Waals surface area contributed by atoms with Gasteiger partial charge in [-0.2, -0.15) is 0 Å². The van der Waals surface area contributed by atoms with Crippen molar-refractivity contribution in [1.29, 1.82) is 0 Å². The number of anilines is 1. The molecule has 0 saturated heterocycles. The fourth-order valence-electron chi connectivity index (χ4n) is 4.24. The highest BCUT2D eigenvalue weighted by Crippen LogP contribution is 2.26. The van der Waals surface area contributed by atoms with E-state index in [2.05, 4.69) is 10.6 Å². The van der Waals surface area contributed by atoms with Crippen molar-refractivity contribution < 1.29 is 29.9 Å². The molecule has 4 rings (SSSR count). The van der Waals surface area contributed by atoms with Crippen molar-refractivity contribution >= 4 is 35.0 Å². The predicted octanol–water partition coefficient (Wildman–Crippen LogP) is 1.36. The molecule has 40 heavy (non-hydrogen) atoms. The van der Waals surface area contributed by atoms with Gasteiger partial charge in [0.25, 0.3) is 17.5 Å². The van der Waals surface area contributed by atoms with E-state index in [4.69, 9.17) is 7.10 Å². The summed E-state index contributed by atoms with van der Waals surface area (Å²) in [5.74, 6) is -0.488. The normalized spacial score (nSPS) is 17.3. The third-order valence-corrected chi connectivity index (χ3v) is 6.78. The van der Waals surface area contributed by atoms with Crippen LogP contribution in [0, 0.1) is 10.1 Å². The standard InChI is InChI=1S/C12H16N4O4.C12H18N4O2.CH3F/c1-3-14(2)11(17)5-8-6-13-12(18)10-4-9(16(19)20)7-15(8)10;1-3-15(2)11(17)5-9-6-14-12(18)10-4-8(13)7-16(9)10;1-2/h4,7-8H,3,5-6H2,1-2H3,(H,13,18);4,7,9H,3,5-6,13H2,1-2H3,(H,14,18);1H3/i;;1D. The first kappa shape index (κ1) is 30.1. The Bertz CT molecular complexity index is 1260. The van der Waals surface area contributed by atoms with E-state index in [-0.39, 0.29) is 53.5 Å². The first-order valence-corrected chi connectivity index (χ1v) is 12.6. The average Bonchev–Trinajstić information content (AvgIpc) is 3.57. The molecule has 2 unspecified atom stereocenters. The zero-order valence-electron chi connectivity index (χ0n) is 24.1. The molecular weight excluding hydrogens is 527 g/mol. The molecule has 0 fully saturated rings. The van der Waals surface area contributed by atoms with Gasteiger partial charge in [0.15, 0.2) is 0 Å². The van der Waals surface area contributed by atoms with Gasteiger partial charge in [-0.05, 0) is 19.9 Å². The van der Waals surface area contributed by atoms with Crippen molar-refractivity contribution in [2.45, 2.75) is 38.8 Å². The molecular formula is C25H37FN8O6. The smallest absolute Gasteiger partial charge is 0.287 e. The minimum atomic E-state index is -1.00. The summed E-state index contributed by atoms with van der Waals surface area (Å²) in [6.45, 7) is 5.82. The lowest BCUT2D eigenvalue weighted by Gasteiger charge is -2.27. The molecule has 2 aliphatic heterocycles. The van der Waals surface area contributed by atoms with Gasteiger partial charge < -0.3 is 35.3 Å². The maximum atomic E-state index is 11.9. The van der Waals surface area contributed by atoms with Crippen LogP contribution in [-0.2, 0) is 9.59 Å². The lowest BCUT2D eigenvalue weighted by Crippen LogP contribution is -2.40. The Morgan fingerprint density at radius 2 is 1.45 bits per heavy atom. The number of halogens is 1. The quantitative estimate of drug-likeness (QED) is 0.335. The maximum absolute atomic E-state index is 11.9. The second-order valence-corrected chi connectivity index (χ2v) is 9.27. The summed E-state index contributed by atoms with van der Waals surface area (Å²) in [6.07, 6.45) is 3.60. The number of rotatable bonds is 7. The summed E-state index contributed by atoms with van der Waals surface area (Å²) in [6, 6.07) is 2.51.